The number of likely N-dealkylation sites (tertiary alicyclic amines) is 1. The number of halogens is 2. The first-order valence-electron chi connectivity index (χ1n) is 6.70. The van der Waals surface area contributed by atoms with E-state index in [1.54, 1.807) is 11.0 Å². The lowest BCUT2D eigenvalue weighted by Gasteiger charge is -2.42. The molecule has 1 aliphatic rings. The molecule has 1 unspecified atom stereocenters. The molecule has 0 aliphatic carbocycles. The van der Waals surface area contributed by atoms with Crippen LogP contribution in [0.3, 0.4) is 0 Å². The molecule has 5 heteroatoms. The van der Waals surface area contributed by atoms with Gasteiger partial charge in [0.1, 0.15) is 6.29 Å². The lowest BCUT2D eigenvalue weighted by molar-refractivity contribution is -0.120. The van der Waals surface area contributed by atoms with Crippen LogP contribution in [0.2, 0.25) is 10.0 Å². The Kier molecular flexibility index (Phi) is 5.06. The monoisotopic (exact) mass is 313 g/mol. The first kappa shape index (κ1) is 15.3. The molecule has 3 nitrogen and oxygen atoms in total. The van der Waals surface area contributed by atoms with Gasteiger partial charge in [-0.05, 0) is 37.0 Å². The lowest BCUT2D eigenvalue weighted by Crippen LogP contribution is -2.45. The molecule has 20 heavy (non-hydrogen) atoms. The second-order valence-electron chi connectivity index (χ2n) is 5.29. The maximum absolute atomic E-state index is 11.1. The average molecular weight is 314 g/mol. The van der Waals surface area contributed by atoms with Gasteiger partial charge < -0.3 is 9.69 Å². The summed E-state index contributed by atoms with van der Waals surface area (Å²) in [5.41, 5.74) is 0.856. The molecule has 1 aromatic rings. The minimum Gasteiger partial charge on any atom is -0.344 e. The minimum atomic E-state index is -0.200. The van der Waals surface area contributed by atoms with Gasteiger partial charge in [0.2, 0.25) is 6.41 Å². The average Bonchev–Trinajstić information content (AvgIpc) is 2.48. The first-order chi connectivity index (χ1) is 9.61. The van der Waals surface area contributed by atoms with Crippen molar-refractivity contribution < 1.29 is 9.59 Å². The van der Waals surface area contributed by atoms with Gasteiger partial charge in [0.15, 0.2) is 0 Å². The molecule has 108 valence electrons. The van der Waals surface area contributed by atoms with Crippen molar-refractivity contribution in [2.75, 3.05) is 13.1 Å². The summed E-state index contributed by atoms with van der Waals surface area (Å²) < 4.78 is 0. The van der Waals surface area contributed by atoms with Crippen molar-refractivity contribution in [3.8, 4) is 0 Å². The summed E-state index contributed by atoms with van der Waals surface area (Å²) >= 11 is 12.1. The topological polar surface area (TPSA) is 37.4 Å². The van der Waals surface area contributed by atoms with E-state index in [4.69, 9.17) is 23.2 Å². The number of hydrogen-bond donors (Lipinski definition) is 0. The molecule has 0 saturated carbocycles. The van der Waals surface area contributed by atoms with Gasteiger partial charge in [-0.25, -0.2) is 0 Å². The van der Waals surface area contributed by atoms with Gasteiger partial charge in [0, 0.05) is 24.9 Å². The Morgan fingerprint density at radius 2 is 2.05 bits per heavy atom. The highest BCUT2D eigenvalue weighted by Crippen LogP contribution is 2.39. The second-order valence-corrected chi connectivity index (χ2v) is 6.11. The number of piperidine rings is 1. The zero-order chi connectivity index (χ0) is 14.6. The normalized spacial score (nSPS) is 22.6. The van der Waals surface area contributed by atoms with Crippen molar-refractivity contribution >= 4 is 35.9 Å². The number of carbonyl (C=O) groups is 2. The van der Waals surface area contributed by atoms with Gasteiger partial charge in [-0.1, -0.05) is 29.3 Å². The number of rotatable bonds is 5. The van der Waals surface area contributed by atoms with Gasteiger partial charge in [-0.15, -0.1) is 0 Å². The Morgan fingerprint density at radius 3 is 2.70 bits per heavy atom. The van der Waals surface area contributed by atoms with Gasteiger partial charge in [0.25, 0.3) is 0 Å². The highest BCUT2D eigenvalue weighted by atomic mass is 35.5. The smallest absolute Gasteiger partial charge is 0.209 e. The molecule has 0 aromatic heterocycles. The van der Waals surface area contributed by atoms with Crippen LogP contribution in [0.1, 0.15) is 31.2 Å². The SMILES string of the molecule is O=CCCC1(c2ccc(Cl)c(Cl)c2)CCCN(C=O)C1. The summed E-state index contributed by atoms with van der Waals surface area (Å²) in [5.74, 6) is 0. The molecule has 1 atom stereocenters. The van der Waals surface area contributed by atoms with Gasteiger partial charge in [-0.3, -0.25) is 4.79 Å². The molecule has 0 N–H and O–H groups in total. The Bertz CT molecular complexity index is 507. The molecule has 1 aromatic carbocycles. The maximum atomic E-state index is 11.1. The molecule has 1 saturated heterocycles. The predicted octanol–water partition coefficient (Wildman–Crippen LogP) is 3.46. The number of carbonyl (C=O) groups excluding carboxylic acids is 2. The van der Waals surface area contributed by atoms with Crippen molar-refractivity contribution in [2.24, 2.45) is 0 Å². The van der Waals surface area contributed by atoms with E-state index in [1.807, 2.05) is 12.1 Å². The fourth-order valence-electron chi connectivity index (χ4n) is 3.00. The summed E-state index contributed by atoms with van der Waals surface area (Å²) in [6.45, 7) is 1.40. The zero-order valence-electron chi connectivity index (χ0n) is 11.1. The van der Waals surface area contributed by atoms with Crippen LogP contribution in [0.15, 0.2) is 18.2 Å². The molecular weight excluding hydrogens is 297 g/mol. The fraction of sp³-hybridized carbons (Fsp3) is 0.467. The molecule has 1 amide bonds. The Balaban J connectivity index is 2.36. The van der Waals surface area contributed by atoms with Crippen LogP contribution in [0.4, 0.5) is 0 Å². The van der Waals surface area contributed by atoms with Crippen LogP contribution in [-0.4, -0.2) is 30.7 Å². The van der Waals surface area contributed by atoms with E-state index in [1.165, 1.54) is 0 Å². The summed E-state index contributed by atoms with van der Waals surface area (Å²) in [4.78, 5) is 23.6. The number of amides is 1. The third-order valence-electron chi connectivity index (χ3n) is 4.03. The zero-order valence-corrected chi connectivity index (χ0v) is 12.7. The van der Waals surface area contributed by atoms with Crippen molar-refractivity contribution in [3.05, 3.63) is 33.8 Å². The van der Waals surface area contributed by atoms with Crippen molar-refractivity contribution in [3.63, 3.8) is 0 Å². The standard InChI is InChI=1S/C15H17Cl2NO2/c16-13-4-3-12(9-14(13)17)15(6-2-8-19)5-1-7-18(10-15)11-20/h3-4,8-9,11H,1-2,5-7,10H2. The molecule has 1 heterocycles. The Hall–Kier alpha value is -1.06. The van der Waals surface area contributed by atoms with E-state index in [9.17, 15) is 9.59 Å². The van der Waals surface area contributed by atoms with Crippen LogP contribution in [0, 0.1) is 0 Å². The third kappa shape index (κ3) is 3.15. The molecule has 1 fully saturated rings. The summed E-state index contributed by atoms with van der Waals surface area (Å²) in [6.07, 6.45) is 4.89. The van der Waals surface area contributed by atoms with Crippen molar-refractivity contribution in [1.29, 1.82) is 0 Å². The summed E-state index contributed by atoms with van der Waals surface area (Å²) in [6, 6.07) is 5.60. The van der Waals surface area contributed by atoms with Crippen molar-refractivity contribution in [1.82, 2.24) is 4.90 Å². The summed E-state index contributed by atoms with van der Waals surface area (Å²) in [5, 5.41) is 1.03. The van der Waals surface area contributed by atoms with Gasteiger partial charge >= 0.3 is 0 Å². The Labute approximate surface area is 128 Å². The highest BCUT2D eigenvalue weighted by Gasteiger charge is 2.36. The largest absolute Gasteiger partial charge is 0.344 e. The number of benzene rings is 1. The first-order valence-corrected chi connectivity index (χ1v) is 7.45. The quantitative estimate of drug-likeness (QED) is 0.781. The second kappa shape index (κ2) is 6.59. The van der Waals surface area contributed by atoms with Crippen LogP contribution in [-0.2, 0) is 15.0 Å². The van der Waals surface area contributed by atoms with Crippen LogP contribution in [0.25, 0.3) is 0 Å². The number of hydrogen-bond acceptors (Lipinski definition) is 2. The third-order valence-corrected chi connectivity index (χ3v) is 4.77. The van der Waals surface area contributed by atoms with Crippen LogP contribution >= 0.6 is 23.2 Å². The van der Waals surface area contributed by atoms with Gasteiger partial charge in [-0.2, -0.15) is 0 Å². The molecule has 2 rings (SSSR count). The fourth-order valence-corrected chi connectivity index (χ4v) is 3.30. The van der Waals surface area contributed by atoms with Crippen molar-refractivity contribution in [2.45, 2.75) is 31.1 Å². The molecular formula is C15H17Cl2NO2. The van der Waals surface area contributed by atoms with Crippen LogP contribution in [0.5, 0.6) is 0 Å². The minimum absolute atomic E-state index is 0.200. The van der Waals surface area contributed by atoms with Crippen LogP contribution < -0.4 is 0 Å². The van der Waals surface area contributed by atoms with E-state index < -0.39 is 0 Å². The number of nitrogens with zero attached hydrogens (tertiary/aromatic N) is 1. The Morgan fingerprint density at radius 1 is 1.25 bits per heavy atom. The molecule has 0 radical (unpaired) electrons. The summed E-state index contributed by atoms with van der Waals surface area (Å²) in [7, 11) is 0. The molecule has 0 spiro atoms. The maximum Gasteiger partial charge on any atom is 0.209 e. The molecule has 0 bridgehead atoms. The molecule has 1 aliphatic heterocycles. The van der Waals surface area contributed by atoms with Gasteiger partial charge in [0.05, 0.1) is 10.0 Å². The van der Waals surface area contributed by atoms with E-state index in [-0.39, 0.29) is 5.41 Å². The van der Waals surface area contributed by atoms with E-state index in [0.717, 1.165) is 44.1 Å². The van der Waals surface area contributed by atoms with E-state index >= 15 is 0 Å². The number of aldehydes is 1. The lowest BCUT2D eigenvalue weighted by atomic mass is 9.71. The predicted molar refractivity (Wildman–Crippen MR) is 80.3 cm³/mol. The highest BCUT2D eigenvalue weighted by molar-refractivity contribution is 6.42. The van der Waals surface area contributed by atoms with E-state index in [0.29, 0.717) is 23.0 Å². The van der Waals surface area contributed by atoms with E-state index in [2.05, 4.69) is 0 Å².